The molecule has 0 unspecified atom stereocenters. The lowest BCUT2D eigenvalue weighted by atomic mass is 10.2. The summed E-state index contributed by atoms with van der Waals surface area (Å²) < 4.78 is 35.9. The lowest BCUT2D eigenvalue weighted by Gasteiger charge is -2.15. The van der Waals surface area contributed by atoms with Gasteiger partial charge in [-0.15, -0.1) is 0 Å². The molecule has 1 aliphatic rings. The molecule has 2 aromatic rings. The molecule has 3 rings (SSSR count). The van der Waals surface area contributed by atoms with Gasteiger partial charge in [0.1, 0.15) is 5.54 Å². The summed E-state index contributed by atoms with van der Waals surface area (Å²) in [5.41, 5.74) is -1.74. The summed E-state index contributed by atoms with van der Waals surface area (Å²) in [5.74, 6) is -0.120. The number of aromatic nitrogens is 2. The Kier molecular flexibility index (Phi) is 5.67. The fourth-order valence-electron chi connectivity index (χ4n) is 3.68. The van der Waals surface area contributed by atoms with E-state index in [1.54, 1.807) is 21.0 Å². The van der Waals surface area contributed by atoms with Gasteiger partial charge >= 0.3 is 5.69 Å². The molecule has 29 heavy (non-hydrogen) atoms. The molecule has 2 atom stereocenters. The predicted octanol–water partition coefficient (Wildman–Crippen LogP) is 0.800. The van der Waals surface area contributed by atoms with E-state index in [0.717, 1.165) is 4.57 Å². The Morgan fingerprint density at radius 3 is 2.55 bits per heavy atom. The number of aryl methyl sites for hydroxylation is 1. The van der Waals surface area contributed by atoms with Gasteiger partial charge in [0, 0.05) is 26.8 Å². The van der Waals surface area contributed by atoms with E-state index in [0.29, 0.717) is 31.5 Å². The zero-order chi connectivity index (χ0) is 21.4. The first-order valence-electron chi connectivity index (χ1n) is 9.46. The first kappa shape index (κ1) is 21.2. The van der Waals surface area contributed by atoms with E-state index in [2.05, 4.69) is 10.8 Å². The SMILES string of the molecule is CCn1c(=O)c2cc(S(=O)(=O)N[C@]3(C#N)C[C@@H]3CCOC)ccc2n(CC)c1=O. The Bertz CT molecular complexity index is 1210. The lowest BCUT2D eigenvalue weighted by Crippen LogP contribution is -2.40. The fourth-order valence-corrected chi connectivity index (χ4v) is 5.09. The molecule has 0 amide bonds. The number of nitriles is 1. The number of nitrogens with zero attached hydrogens (tertiary/aromatic N) is 3. The second kappa shape index (κ2) is 7.74. The van der Waals surface area contributed by atoms with E-state index in [4.69, 9.17) is 4.74 Å². The number of hydrogen-bond donors (Lipinski definition) is 1. The summed E-state index contributed by atoms with van der Waals surface area (Å²) in [5, 5.41) is 9.66. The zero-order valence-electron chi connectivity index (χ0n) is 16.6. The van der Waals surface area contributed by atoms with Crippen LogP contribution in [0.5, 0.6) is 0 Å². The molecule has 0 saturated heterocycles. The van der Waals surface area contributed by atoms with Crippen LogP contribution >= 0.6 is 0 Å². The standard InChI is InChI=1S/C19H24N4O5S/c1-4-22-16-7-6-14(10-15(16)17(24)23(5-2)18(22)25)29(26,27)21-19(12-20)11-13(19)8-9-28-3/h6-7,10,13,21H,4-5,8-9,11H2,1-3H3/t13-,19-/m0/s1. The van der Waals surface area contributed by atoms with Crippen LogP contribution in [-0.2, 0) is 27.8 Å². The third-order valence-corrected chi connectivity index (χ3v) is 6.94. The van der Waals surface area contributed by atoms with Crippen LogP contribution in [0.25, 0.3) is 10.9 Å². The average molecular weight is 420 g/mol. The molecule has 0 aliphatic heterocycles. The molecule has 1 heterocycles. The molecule has 1 N–H and O–H groups in total. The van der Waals surface area contributed by atoms with E-state index in [1.165, 1.54) is 22.8 Å². The van der Waals surface area contributed by atoms with Crippen molar-refractivity contribution in [2.75, 3.05) is 13.7 Å². The molecule has 1 fully saturated rings. The van der Waals surface area contributed by atoms with Gasteiger partial charge in [-0.05, 0) is 50.8 Å². The van der Waals surface area contributed by atoms with Crippen LogP contribution in [0.4, 0.5) is 0 Å². The third kappa shape index (κ3) is 3.61. The highest BCUT2D eigenvalue weighted by atomic mass is 32.2. The second-order valence-electron chi connectivity index (χ2n) is 7.13. The number of benzene rings is 1. The molecule has 9 nitrogen and oxygen atoms in total. The van der Waals surface area contributed by atoms with Gasteiger partial charge in [-0.3, -0.25) is 13.9 Å². The van der Waals surface area contributed by atoms with Gasteiger partial charge in [0.25, 0.3) is 5.56 Å². The van der Waals surface area contributed by atoms with Crippen molar-refractivity contribution in [3.8, 4) is 6.07 Å². The fraction of sp³-hybridized carbons (Fsp3) is 0.526. The van der Waals surface area contributed by atoms with Crippen LogP contribution in [0.3, 0.4) is 0 Å². The van der Waals surface area contributed by atoms with Crippen molar-refractivity contribution in [3.05, 3.63) is 39.0 Å². The van der Waals surface area contributed by atoms with Crippen LogP contribution in [-0.4, -0.2) is 36.8 Å². The van der Waals surface area contributed by atoms with Crippen LogP contribution in [0.2, 0.25) is 0 Å². The van der Waals surface area contributed by atoms with Crippen molar-refractivity contribution in [3.63, 3.8) is 0 Å². The lowest BCUT2D eigenvalue weighted by molar-refractivity contribution is 0.188. The number of methoxy groups -OCH3 is 1. The van der Waals surface area contributed by atoms with Gasteiger partial charge in [-0.25, -0.2) is 13.2 Å². The highest BCUT2D eigenvalue weighted by Gasteiger charge is 2.57. The summed E-state index contributed by atoms with van der Waals surface area (Å²) in [4.78, 5) is 25.1. The Labute approximate surface area is 168 Å². The van der Waals surface area contributed by atoms with E-state index in [1.807, 2.05) is 0 Å². The number of fused-ring (bicyclic) bond motifs is 1. The first-order chi connectivity index (χ1) is 13.7. The van der Waals surface area contributed by atoms with Crippen molar-refractivity contribution in [2.45, 2.75) is 50.2 Å². The summed E-state index contributed by atoms with van der Waals surface area (Å²) in [6.07, 6.45) is 0.992. The predicted molar refractivity (Wildman–Crippen MR) is 107 cm³/mol. The van der Waals surface area contributed by atoms with Gasteiger partial charge in [-0.2, -0.15) is 9.98 Å². The monoisotopic (exact) mass is 420 g/mol. The normalized spacial score (nSPS) is 21.2. The zero-order valence-corrected chi connectivity index (χ0v) is 17.5. The summed E-state index contributed by atoms with van der Waals surface area (Å²) in [7, 11) is -2.48. The number of ether oxygens (including phenoxy) is 1. The molecular weight excluding hydrogens is 396 g/mol. The Morgan fingerprint density at radius 1 is 1.28 bits per heavy atom. The van der Waals surface area contributed by atoms with Crippen LogP contribution in [0.1, 0.15) is 26.7 Å². The van der Waals surface area contributed by atoms with Gasteiger partial charge < -0.3 is 4.74 Å². The summed E-state index contributed by atoms with van der Waals surface area (Å²) >= 11 is 0. The van der Waals surface area contributed by atoms with Gasteiger partial charge in [0.15, 0.2) is 0 Å². The Balaban J connectivity index is 2.05. The molecule has 0 spiro atoms. The van der Waals surface area contributed by atoms with E-state index < -0.39 is 26.8 Å². The minimum Gasteiger partial charge on any atom is -0.385 e. The Morgan fingerprint density at radius 2 is 1.97 bits per heavy atom. The molecule has 10 heteroatoms. The molecule has 1 aromatic heterocycles. The van der Waals surface area contributed by atoms with Crippen LogP contribution in [0, 0.1) is 17.2 Å². The molecule has 0 bridgehead atoms. The number of hydrogen-bond acceptors (Lipinski definition) is 6. The molecule has 1 aliphatic carbocycles. The molecule has 0 radical (unpaired) electrons. The van der Waals surface area contributed by atoms with Gasteiger partial charge in [-0.1, -0.05) is 0 Å². The highest BCUT2D eigenvalue weighted by molar-refractivity contribution is 7.89. The minimum atomic E-state index is -4.03. The summed E-state index contributed by atoms with van der Waals surface area (Å²) in [6, 6.07) is 6.16. The smallest absolute Gasteiger partial charge is 0.331 e. The van der Waals surface area contributed by atoms with Crippen LogP contribution in [0.15, 0.2) is 32.7 Å². The van der Waals surface area contributed by atoms with Crippen molar-refractivity contribution in [1.29, 1.82) is 5.26 Å². The maximum absolute atomic E-state index is 12.9. The van der Waals surface area contributed by atoms with Gasteiger partial charge in [0.2, 0.25) is 10.0 Å². The van der Waals surface area contributed by atoms with Crippen molar-refractivity contribution in [2.24, 2.45) is 5.92 Å². The number of rotatable bonds is 8. The maximum atomic E-state index is 12.9. The van der Waals surface area contributed by atoms with E-state index >= 15 is 0 Å². The third-order valence-electron chi connectivity index (χ3n) is 5.43. The summed E-state index contributed by atoms with van der Waals surface area (Å²) in [6.45, 7) is 4.43. The van der Waals surface area contributed by atoms with Crippen LogP contribution < -0.4 is 16.0 Å². The van der Waals surface area contributed by atoms with Crippen molar-refractivity contribution in [1.82, 2.24) is 13.9 Å². The molecule has 156 valence electrons. The van der Waals surface area contributed by atoms with Crippen molar-refractivity contribution >= 4 is 20.9 Å². The molecule has 1 aromatic carbocycles. The minimum absolute atomic E-state index is 0.113. The van der Waals surface area contributed by atoms with E-state index in [9.17, 15) is 23.3 Å². The average Bonchev–Trinajstić information content (AvgIpc) is 3.39. The molecule has 1 saturated carbocycles. The number of nitrogens with one attached hydrogen (secondary N) is 1. The largest absolute Gasteiger partial charge is 0.385 e. The quantitative estimate of drug-likeness (QED) is 0.674. The first-order valence-corrected chi connectivity index (χ1v) is 10.9. The Hall–Kier alpha value is -2.48. The van der Waals surface area contributed by atoms with Gasteiger partial charge in [0.05, 0.1) is 21.9 Å². The maximum Gasteiger partial charge on any atom is 0.331 e. The topological polar surface area (TPSA) is 123 Å². The number of sulfonamides is 1. The van der Waals surface area contributed by atoms with Crippen molar-refractivity contribution < 1.29 is 13.2 Å². The van der Waals surface area contributed by atoms with E-state index in [-0.39, 0.29) is 22.7 Å². The highest BCUT2D eigenvalue weighted by Crippen LogP contribution is 2.46. The second-order valence-corrected chi connectivity index (χ2v) is 8.81. The molecular formula is C19H24N4O5S.